The molecule has 0 spiro atoms. The van der Waals surface area contributed by atoms with E-state index in [2.05, 4.69) is 0 Å². The standard InChI is InChI=1S/C7H13O3.Y/c1-2-6(9)7(10)4-3-5-8;/h6-7,9-10H,2-4H2,1H3;/q-1;. The fourth-order valence-electron chi connectivity index (χ4n) is 0.671. The van der Waals surface area contributed by atoms with E-state index in [4.69, 9.17) is 10.2 Å². The first kappa shape index (κ1) is 14.2. The zero-order chi connectivity index (χ0) is 7.98. The van der Waals surface area contributed by atoms with E-state index in [9.17, 15) is 4.79 Å². The van der Waals surface area contributed by atoms with Gasteiger partial charge >= 0.3 is 0 Å². The first-order valence-electron chi connectivity index (χ1n) is 3.43. The summed E-state index contributed by atoms with van der Waals surface area (Å²) in [6.07, 6.45) is 1.19. The Bertz CT molecular complexity index is 97.7. The zero-order valence-electron chi connectivity index (χ0n) is 6.66. The average molecular weight is 234 g/mol. The fourth-order valence-corrected chi connectivity index (χ4v) is 0.671. The van der Waals surface area contributed by atoms with Gasteiger partial charge in [-0.15, -0.1) is 6.42 Å². The normalized spacial score (nSPS) is 14.8. The van der Waals surface area contributed by atoms with E-state index in [1.54, 1.807) is 13.2 Å². The summed E-state index contributed by atoms with van der Waals surface area (Å²) < 4.78 is 0. The van der Waals surface area contributed by atoms with Gasteiger partial charge in [0.2, 0.25) is 0 Å². The van der Waals surface area contributed by atoms with Gasteiger partial charge in [0.25, 0.3) is 0 Å². The minimum Gasteiger partial charge on any atom is -0.542 e. The van der Waals surface area contributed by atoms with Crippen LogP contribution in [0.1, 0.15) is 26.2 Å². The van der Waals surface area contributed by atoms with E-state index in [0.717, 1.165) is 0 Å². The van der Waals surface area contributed by atoms with Gasteiger partial charge in [-0.25, -0.2) is 0 Å². The predicted octanol–water partition coefficient (Wildman–Crippen LogP) is 0.00560. The minimum absolute atomic E-state index is 0. The van der Waals surface area contributed by atoms with Crippen LogP contribution in [0.2, 0.25) is 0 Å². The van der Waals surface area contributed by atoms with Crippen LogP contribution in [0.5, 0.6) is 0 Å². The summed E-state index contributed by atoms with van der Waals surface area (Å²) in [6, 6.07) is 0. The van der Waals surface area contributed by atoms with Gasteiger partial charge in [0.1, 0.15) is 0 Å². The minimum atomic E-state index is -0.772. The summed E-state index contributed by atoms with van der Waals surface area (Å²) in [4.78, 5) is 9.70. The van der Waals surface area contributed by atoms with Gasteiger partial charge in [0.15, 0.2) is 0 Å². The molecule has 0 aromatic heterocycles. The van der Waals surface area contributed by atoms with E-state index in [0.29, 0.717) is 12.8 Å². The Morgan fingerprint density at radius 2 is 1.91 bits per heavy atom. The summed E-state index contributed by atoms with van der Waals surface area (Å²) >= 11 is 0. The summed E-state index contributed by atoms with van der Waals surface area (Å²) in [6.45, 7) is 1.78. The van der Waals surface area contributed by atoms with Gasteiger partial charge in [0.05, 0.1) is 12.2 Å². The van der Waals surface area contributed by atoms with Crippen LogP contribution in [0.15, 0.2) is 0 Å². The second-order valence-corrected chi connectivity index (χ2v) is 2.23. The van der Waals surface area contributed by atoms with Crippen LogP contribution in [0.3, 0.4) is 0 Å². The van der Waals surface area contributed by atoms with Crippen molar-refractivity contribution in [2.45, 2.75) is 38.4 Å². The summed E-state index contributed by atoms with van der Waals surface area (Å²) in [7, 11) is 0. The van der Waals surface area contributed by atoms with Crippen molar-refractivity contribution >= 4 is 6.29 Å². The monoisotopic (exact) mass is 234 g/mol. The van der Waals surface area contributed by atoms with Crippen molar-refractivity contribution in [2.75, 3.05) is 0 Å². The molecular formula is C7H13O3Y-. The van der Waals surface area contributed by atoms with E-state index in [1.165, 1.54) is 0 Å². The molecule has 0 amide bonds. The molecule has 2 N–H and O–H groups in total. The van der Waals surface area contributed by atoms with E-state index in [-0.39, 0.29) is 39.1 Å². The first-order chi connectivity index (χ1) is 4.72. The molecule has 0 saturated carbocycles. The van der Waals surface area contributed by atoms with Crippen LogP contribution in [0.25, 0.3) is 0 Å². The van der Waals surface area contributed by atoms with Crippen molar-refractivity contribution in [3.05, 3.63) is 0 Å². The van der Waals surface area contributed by atoms with Gasteiger partial charge < -0.3 is 15.0 Å². The number of aliphatic hydroxyl groups excluding tert-OH is 2. The molecular weight excluding hydrogens is 221 g/mol. The Kier molecular flexibility index (Phi) is 11.4. The third-order valence-corrected chi connectivity index (χ3v) is 1.40. The first-order valence-corrected chi connectivity index (χ1v) is 3.43. The van der Waals surface area contributed by atoms with Crippen LogP contribution < -0.4 is 0 Å². The van der Waals surface area contributed by atoms with Gasteiger partial charge in [-0.05, 0) is 12.8 Å². The topological polar surface area (TPSA) is 57.5 Å². The fraction of sp³-hybridized carbons (Fsp3) is 0.857. The van der Waals surface area contributed by atoms with Gasteiger partial charge in [0, 0.05) is 32.7 Å². The molecule has 3 nitrogen and oxygen atoms in total. The van der Waals surface area contributed by atoms with Crippen LogP contribution in [0.4, 0.5) is 0 Å². The van der Waals surface area contributed by atoms with Crippen LogP contribution >= 0.6 is 0 Å². The maximum Gasteiger partial charge on any atom is 0.0795 e. The zero-order valence-corrected chi connectivity index (χ0v) is 9.49. The summed E-state index contributed by atoms with van der Waals surface area (Å²) in [5, 5.41) is 18.0. The summed E-state index contributed by atoms with van der Waals surface area (Å²) in [5.74, 6) is 0. The molecule has 4 heteroatoms. The second kappa shape index (κ2) is 8.79. The van der Waals surface area contributed by atoms with Crippen molar-refractivity contribution in [1.29, 1.82) is 0 Å². The molecule has 0 aromatic carbocycles. The van der Waals surface area contributed by atoms with Crippen LogP contribution in [0, 0.1) is 0 Å². The molecule has 2 atom stereocenters. The molecule has 0 bridgehead atoms. The molecule has 11 heavy (non-hydrogen) atoms. The molecule has 0 fully saturated rings. The SMILES string of the molecule is CCC(O)C(O)CC[C-]=O.[Y]. The molecule has 0 aliphatic rings. The van der Waals surface area contributed by atoms with E-state index in [1.807, 2.05) is 0 Å². The quantitative estimate of drug-likeness (QED) is 0.658. The summed E-state index contributed by atoms with van der Waals surface area (Å²) in [5.41, 5.74) is 0. The van der Waals surface area contributed by atoms with E-state index < -0.39 is 12.2 Å². The van der Waals surface area contributed by atoms with Gasteiger partial charge in [-0.1, -0.05) is 6.92 Å². The Morgan fingerprint density at radius 1 is 1.36 bits per heavy atom. The second-order valence-electron chi connectivity index (χ2n) is 2.23. The molecule has 1 radical (unpaired) electrons. The van der Waals surface area contributed by atoms with Gasteiger partial charge in [-0.3, -0.25) is 6.29 Å². The molecule has 0 aliphatic carbocycles. The molecule has 0 rings (SSSR count). The molecule has 0 aliphatic heterocycles. The van der Waals surface area contributed by atoms with Crippen LogP contribution in [-0.2, 0) is 37.5 Å². The predicted molar refractivity (Wildman–Crippen MR) is 37.2 cm³/mol. The van der Waals surface area contributed by atoms with Crippen molar-refractivity contribution in [3.63, 3.8) is 0 Å². The third-order valence-electron chi connectivity index (χ3n) is 1.40. The Morgan fingerprint density at radius 3 is 2.27 bits per heavy atom. The number of carbonyl (C=O) groups excluding carboxylic acids is 1. The molecule has 0 heterocycles. The van der Waals surface area contributed by atoms with Crippen molar-refractivity contribution in [2.24, 2.45) is 0 Å². The molecule has 0 saturated heterocycles. The van der Waals surface area contributed by atoms with E-state index >= 15 is 0 Å². The van der Waals surface area contributed by atoms with Gasteiger partial charge in [-0.2, -0.15) is 0 Å². The van der Waals surface area contributed by atoms with Crippen molar-refractivity contribution in [1.82, 2.24) is 0 Å². The third kappa shape index (κ3) is 7.07. The molecule has 2 unspecified atom stereocenters. The smallest absolute Gasteiger partial charge is 0.0795 e. The number of hydrogen-bond donors (Lipinski definition) is 2. The van der Waals surface area contributed by atoms with Crippen LogP contribution in [-0.4, -0.2) is 28.7 Å². The maximum absolute atomic E-state index is 9.70. The molecule has 63 valence electrons. The maximum atomic E-state index is 9.70. The largest absolute Gasteiger partial charge is 0.542 e. The number of hydrogen-bond acceptors (Lipinski definition) is 3. The average Bonchev–Trinajstić information content (AvgIpc) is 1.98. The Labute approximate surface area is 92.1 Å². The Hall–Kier alpha value is 0.694. The Balaban J connectivity index is 0. The van der Waals surface area contributed by atoms with Crippen molar-refractivity contribution in [3.8, 4) is 0 Å². The number of aliphatic hydroxyl groups is 2. The number of rotatable bonds is 5. The van der Waals surface area contributed by atoms with Crippen molar-refractivity contribution < 1.29 is 47.7 Å². The molecule has 0 aromatic rings.